The van der Waals surface area contributed by atoms with Gasteiger partial charge >= 0.3 is 0 Å². The predicted octanol–water partition coefficient (Wildman–Crippen LogP) is 4.19. The van der Waals surface area contributed by atoms with Crippen molar-refractivity contribution in [3.63, 3.8) is 0 Å². The van der Waals surface area contributed by atoms with Gasteiger partial charge in [-0.15, -0.1) is 0 Å². The maximum absolute atomic E-state index is 6.16. The molecule has 2 nitrogen and oxygen atoms in total. The summed E-state index contributed by atoms with van der Waals surface area (Å²) in [5, 5.41) is 0.689. The molecule has 0 bridgehead atoms. The van der Waals surface area contributed by atoms with Gasteiger partial charge in [-0.05, 0) is 31.0 Å². The van der Waals surface area contributed by atoms with Crippen molar-refractivity contribution in [3.05, 3.63) is 28.8 Å². The zero-order valence-electron chi connectivity index (χ0n) is 11.3. The minimum atomic E-state index is 0.618. The minimum Gasteiger partial charge on any atom is -0.492 e. The van der Waals surface area contributed by atoms with Gasteiger partial charge in [0.25, 0.3) is 0 Å². The Bertz CT molecular complexity index is 341. The number of benzene rings is 1. The molecule has 102 valence electrons. The Hall–Kier alpha value is -0.730. The molecular weight excluding hydrogens is 246 g/mol. The highest BCUT2D eigenvalue weighted by Gasteiger charge is 2.07. The summed E-state index contributed by atoms with van der Waals surface area (Å²) >= 11 is 6.16. The van der Waals surface area contributed by atoms with Crippen LogP contribution in [0.25, 0.3) is 0 Å². The molecule has 2 N–H and O–H groups in total. The van der Waals surface area contributed by atoms with Crippen molar-refractivity contribution >= 4 is 11.6 Å². The van der Waals surface area contributed by atoms with Crippen LogP contribution in [0, 0.1) is 0 Å². The molecule has 0 saturated heterocycles. The average Bonchev–Trinajstić information content (AvgIpc) is 2.36. The van der Waals surface area contributed by atoms with Crippen molar-refractivity contribution in [2.45, 2.75) is 45.4 Å². The fourth-order valence-electron chi connectivity index (χ4n) is 1.95. The fourth-order valence-corrected chi connectivity index (χ4v) is 2.20. The highest BCUT2D eigenvalue weighted by molar-refractivity contribution is 6.32. The molecule has 0 aliphatic carbocycles. The summed E-state index contributed by atoms with van der Waals surface area (Å²) in [6.07, 6.45) is 7.00. The Labute approximate surface area is 115 Å². The second kappa shape index (κ2) is 9.23. The third-order valence-corrected chi connectivity index (χ3v) is 3.25. The first-order valence-electron chi connectivity index (χ1n) is 6.89. The molecule has 0 saturated carbocycles. The van der Waals surface area contributed by atoms with Gasteiger partial charge in [0.2, 0.25) is 0 Å². The van der Waals surface area contributed by atoms with Gasteiger partial charge in [0.05, 0.1) is 11.6 Å². The number of halogens is 1. The summed E-state index contributed by atoms with van der Waals surface area (Å²) in [5.74, 6) is 0.820. The summed E-state index contributed by atoms with van der Waals surface area (Å²) in [7, 11) is 0. The lowest BCUT2D eigenvalue weighted by Crippen LogP contribution is -2.06. The standard InChI is InChI=1S/C15H24ClNO/c1-2-3-4-5-6-12-18-15-13(10-11-17)8-7-9-14(15)16/h7-9H,2-6,10-12,17H2,1H3. The molecule has 0 heterocycles. The molecule has 1 rings (SSSR count). The Morgan fingerprint density at radius 2 is 1.94 bits per heavy atom. The lowest BCUT2D eigenvalue weighted by Gasteiger charge is -2.12. The number of hydrogen-bond acceptors (Lipinski definition) is 2. The highest BCUT2D eigenvalue weighted by atomic mass is 35.5. The van der Waals surface area contributed by atoms with E-state index >= 15 is 0 Å². The largest absolute Gasteiger partial charge is 0.492 e. The van der Waals surface area contributed by atoms with Crippen molar-refractivity contribution in [1.82, 2.24) is 0 Å². The third kappa shape index (κ3) is 5.28. The van der Waals surface area contributed by atoms with E-state index < -0.39 is 0 Å². The van der Waals surface area contributed by atoms with E-state index in [0.717, 1.165) is 30.8 Å². The molecule has 0 radical (unpaired) electrons. The van der Waals surface area contributed by atoms with Crippen LogP contribution in [0.2, 0.25) is 5.02 Å². The second-order valence-electron chi connectivity index (χ2n) is 4.53. The Kier molecular flexibility index (Phi) is 7.86. The zero-order valence-corrected chi connectivity index (χ0v) is 12.0. The van der Waals surface area contributed by atoms with E-state index in [9.17, 15) is 0 Å². The van der Waals surface area contributed by atoms with Crippen LogP contribution in [0.5, 0.6) is 5.75 Å². The lowest BCUT2D eigenvalue weighted by atomic mass is 10.1. The Morgan fingerprint density at radius 3 is 2.67 bits per heavy atom. The lowest BCUT2D eigenvalue weighted by molar-refractivity contribution is 0.302. The first kappa shape index (κ1) is 15.3. The molecule has 1 aromatic carbocycles. The molecule has 3 heteroatoms. The molecule has 0 aliphatic rings. The number of unbranched alkanes of at least 4 members (excludes halogenated alkanes) is 4. The molecule has 1 aromatic rings. The Balaban J connectivity index is 2.40. The van der Waals surface area contributed by atoms with Crippen LogP contribution in [0.4, 0.5) is 0 Å². The monoisotopic (exact) mass is 269 g/mol. The summed E-state index contributed by atoms with van der Waals surface area (Å²) in [5.41, 5.74) is 6.70. The van der Waals surface area contributed by atoms with Gasteiger partial charge in [0.15, 0.2) is 0 Å². The zero-order chi connectivity index (χ0) is 13.2. The molecule has 0 spiro atoms. The number of hydrogen-bond donors (Lipinski definition) is 1. The molecule has 0 unspecified atom stereocenters. The van der Waals surface area contributed by atoms with Crippen molar-refractivity contribution in [2.24, 2.45) is 5.73 Å². The SMILES string of the molecule is CCCCCCCOc1c(Cl)cccc1CCN. The maximum Gasteiger partial charge on any atom is 0.141 e. The van der Waals surface area contributed by atoms with E-state index in [1.165, 1.54) is 25.7 Å². The van der Waals surface area contributed by atoms with E-state index in [1.807, 2.05) is 18.2 Å². The van der Waals surface area contributed by atoms with E-state index in [0.29, 0.717) is 11.6 Å². The summed E-state index contributed by atoms with van der Waals surface area (Å²) in [4.78, 5) is 0. The molecular formula is C15H24ClNO. The molecule has 0 amide bonds. The van der Waals surface area contributed by atoms with Crippen LogP contribution in [0.1, 0.15) is 44.6 Å². The van der Waals surface area contributed by atoms with E-state index in [4.69, 9.17) is 22.1 Å². The van der Waals surface area contributed by atoms with E-state index in [-0.39, 0.29) is 0 Å². The quantitative estimate of drug-likeness (QED) is 0.682. The predicted molar refractivity (Wildman–Crippen MR) is 78.5 cm³/mol. The fraction of sp³-hybridized carbons (Fsp3) is 0.600. The van der Waals surface area contributed by atoms with Gasteiger partial charge in [-0.2, -0.15) is 0 Å². The van der Waals surface area contributed by atoms with Crippen molar-refractivity contribution < 1.29 is 4.74 Å². The van der Waals surface area contributed by atoms with Crippen molar-refractivity contribution in [2.75, 3.05) is 13.2 Å². The van der Waals surface area contributed by atoms with Gasteiger partial charge in [-0.1, -0.05) is 56.3 Å². The number of rotatable bonds is 9. The maximum atomic E-state index is 6.16. The molecule has 0 aliphatic heterocycles. The van der Waals surface area contributed by atoms with Crippen LogP contribution in [-0.2, 0) is 6.42 Å². The molecule has 0 fully saturated rings. The van der Waals surface area contributed by atoms with E-state index in [2.05, 4.69) is 6.92 Å². The first-order valence-corrected chi connectivity index (χ1v) is 7.27. The van der Waals surface area contributed by atoms with E-state index in [1.54, 1.807) is 0 Å². The van der Waals surface area contributed by atoms with Crippen LogP contribution in [0.15, 0.2) is 18.2 Å². The summed E-state index contributed by atoms with van der Waals surface area (Å²) in [6, 6.07) is 5.85. The van der Waals surface area contributed by atoms with Crippen molar-refractivity contribution in [1.29, 1.82) is 0 Å². The number of ether oxygens (including phenoxy) is 1. The smallest absolute Gasteiger partial charge is 0.141 e. The first-order chi connectivity index (χ1) is 8.79. The molecule has 0 aromatic heterocycles. The van der Waals surface area contributed by atoms with Gasteiger partial charge < -0.3 is 10.5 Å². The van der Waals surface area contributed by atoms with Gasteiger partial charge in [-0.3, -0.25) is 0 Å². The topological polar surface area (TPSA) is 35.2 Å². The Morgan fingerprint density at radius 1 is 1.17 bits per heavy atom. The average molecular weight is 270 g/mol. The van der Waals surface area contributed by atoms with Gasteiger partial charge in [0.1, 0.15) is 5.75 Å². The van der Waals surface area contributed by atoms with Crippen LogP contribution in [-0.4, -0.2) is 13.2 Å². The van der Waals surface area contributed by atoms with Crippen LogP contribution >= 0.6 is 11.6 Å². The van der Waals surface area contributed by atoms with Crippen LogP contribution in [0.3, 0.4) is 0 Å². The normalized spacial score (nSPS) is 10.6. The molecule has 18 heavy (non-hydrogen) atoms. The minimum absolute atomic E-state index is 0.618. The highest BCUT2D eigenvalue weighted by Crippen LogP contribution is 2.29. The van der Waals surface area contributed by atoms with Crippen molar-refractivity contribution in [3.8, 4) is 5.75 Å². The van der Waals surface area contributed by atoms with Crippen LogP contribution < -0.4 is 10.5 Å². The summed E-state index contributed by atoms with van der Waals surface area (Å²) in [6.45, 7) is 3.58. The second-order valence-corrected chi connectivity index (χ2v) is 4.94. The number of nitrogens with two attached hydrogens (primary N) is 1. The van der Waals surface area contributed by atoms with Gasteiger partial charge in [-0.25, -0.2) is 0 Å². The number of para-hydroxylation sites is 1. The summed E-state index contributed by atoms with van der Waals surface area (Å²) < 4.78 is 5.81. The van der Waals surface area contributed by atoms with Gasteiger partial charge in [0, 0.05) is 0 Å². The molecule has 0 atom stereocenters. The third-order valence-electron chi connectivity index (χ3n) is 2.96.